The molecule has 0 aromatic carbocycles. The molecule has 0 unspecified atom stereocenters. The SMILES string of the molecule is CCCN1CCC(CN(C)C(=O)CC)CC1. The number of likely N-dealkylation sites (tertiary alicyclic amines) is 1. The molecule has 1 aliphatic heterocycles. The fraction of sp³-hybridized carbons (Fsp3) is 0.923. The van der Waals surface area contributed by atoms with Gasteiger partial charge in [0.15, 0.2) is 0 Å². The summed E-state index contributed by atoms with van der Waals surface area (Å²) >= 11 is 0. The van der Waals surface area contributed by atoms with Gasteiger partial charge in [-0.2, -0.15) is 0 Å². The highest BCUT2D eigenvalue weighted by molar-refractivity contribution is 5.75. The Labute approximate surface area is 99.8 Å². The highest BCUT2D eigenvalue weighted by Gasteiger charge is 2.20. The van der Waals surface area contributed by atoms with Crippen molar-refractivity contribution in [3.8, 4) is 0 Å². The average molecular weight is 226 g/mol. The van der Waals surface area contributed by atoms with E-state index in [4.69, 9.17) is 0 Å². The monoisotopic (exact) mass is 226 g/mol. The zero-order valence-electron chi connectivity index (χ0n) is 11.0. The first-order valence-electron chi connectivity index (χ1n) is 6.63. The highest BCUT2D eigenvalue weighted by atomic mass is 16.2. The molecule has 0 aromatic heterocycles. The molecule has 94 valence electrons. The van der Waals surface area contributed by atoms with Gasteiger partial charge in [0.1, 0.15) is 0 Å². The summed E-state index contributed by atoms with van der Waals surface area (Å²) in [4.78, 5) is 15.9. The third-order valence-electron chi connectivity index (χ3n) is 3.51. The van der Waals surface area contributed by atoms with Gasteiger partial charge in [-0.25, -0.2) is 0 Å². The Morgan fingerprint density at radius 2 is 1.94 bits per heavy atom. The predicted molar refractivity (Wildman–Crippen MR) is 67.4 cm³/mol. The van der Waals surface area contributed by atoms with Gasteiger partial charge < -0.3 is 9.80 Å². The smallest absolute Gasteiger partial charge is 0.222 e. The van der Waals surface area contributed by atoms with E-state index in [-0.39, 0.29) is 5.91 Å². The molecule has 0 spiro atoms. The highest BCUT2D eigenvalue weighted by Crippen LogP contribution is 2.18. The molecule has 0 radical (unpaired) electrons. The summed E-state index contributed by atoms with van der Waals surface area (Å²) in [6.45, 7) is 8.78. The standard InChI is InChI=1S/C13H26N2O/c1-4-8-15-9-6-12(7-10-15)11-14(3)13(16)5-2/h12H,4-11H2,1-3H3. The van der Waals surface area contributed by atoms with Crippen LogP contribution in [0, 0.1) is 5.92 Å². The Hall–Kier alpha value is -0.570. The lowest BCUT2D eigenvalue weighted by molar-refractivity contribution is -0.130. The van der Waals surface area contributed by atoms with Crippen LogP contribution in [0.4, 0.5) is 0 Å². The number of nitrogens with zero attached hydrogens (tertiary/aromatic N) is 2. The van der Waals surface area contributed by atoms with Crippen molar-refractivity contribution in [1.29, 1.82) is 0 Å². The van der Waals surface area contributed by atoms with Crippen LogP contribution in [0.3, 0.4) is 0 Å². The van der Waals surface area contributed by atoms with Crippen molar-refractivity contribution in [3.05, 3.63) is 0 Å². The van der Waals surface area contributed by atoms with E-state index in [0.717, 1.165) is 6.54 Å². The number of rotatable bonds is 5. The van der Waals surface area contributed by atoms with Crippen molar-refractivity contribution in [2.75, 3.05) is 33.2 Å². The van der Waals surface area contributed by atoms with Gasteiger partial charge in [0.25, 0.3) is 0 Å². The second-order valence-corrected chi connectivity index (χ2v) is 4.91. The predicted octanol–water partition coefficient (Wildman–Crippen LogP) is 1.98. The number of carbonyl (C=O) groups excluding carboxylic acids is 1. The van der Waals surface area contributed by atoms with Crippen molar-refractivity contribution in [2.45, 2.75) is 39.5 Å². The molecule has 1 aliphatic rings. The fourth-order valence-electron chi connectivity index (χ4n) is 2.47. The molecule has 0 saturated carbocycles. The van der Waals surface area contributed by atoms with Crippen LogP contribution in [0.25, 0.3) is 0 Å². The van der Waals surface area contributed by atoms with Crippen molar-refractivity contribution in [3.63, 3.8) is 0 Å². The van der Waals surface area contributed by atoms with Crippen LogP contribution in [0.2, 0.25) is 0 Å². The molecule has 1 saturated heterocycles. The van der Waals surface area contributed by atoms with Gasteiger partial charge in [-0.1, -0.05) is 13.8 Å². The van der Waals surface area contributed by atoms with Gasteiger partial charge in [0, 0.05) is 20.0 Å². The Kier molecular flexibility index (Phi) is 5.81. The molecule has 0 atom stereocenters. The molecule has 0 N–H and O–H groups in total. The average Bonchev–Trinajstić information content (AvgIpc) is 2.31. The van der Waals surface area contributed by atoms with E-state index in [0.29, 0.717) is 12.3 Å². The molecular weight excluding hydrogens is 200 g/mol. The molecule has 1 heterocycles. The molecule has 1 fully saturated rings. The molecular formula is C13H26N2O. The molecule has 1 amide bonds. The Morgan fingerprint density at radius 1 is 1.31 bits per heavy atom. The van der Waals surface area contributed by atoms with Crippen molar-refractivity contribution < 1.29 is 4.79 Å². The van der Waals surface area contributed by atoms with Crippen LogP contribution >= 0.6 is 0 Å². The lowest BCUT2D eigenvalue weighted by Gasteiger charge is -2.33. The van der Waals surface area contributed by atoms with Gasteiger partial charge in [0.05, 0.1) is 0 Å². The summed E-state index contributed by atoms with van der Waals surface area (Å²) in [7, 11) is 1.93. The van der Waals surface area contributed by atoms with E-state index in [1.165, 1.54) is 38.9 Å². The normalized spacial score (nSPS) is 18.7. The van der Waals surface area contributed by atoms with E-state index in [1.807, 2.05) is 18.9 Å². The maximum Gasteiger partial charge on any atom is 0.222 e. The van der Waals surface area contributed by atoms with Gasteiger partial charge in [-0.3, -0.25) is 4.79 Å². The van der Waals surface area contributed by atoms with Crippen molar-refractivity contribution in [2.24, 2.45) is 5.92 Å². The number of hydrogen-bond donors (Lipinski definition) is 0. The number of amides is 1. The Morgan fingerprint density at radius 3 is 2.44 bits per heavy atom. The van der Waals surface area contributed by atoms with Crippen LogP contribution in [-0.4, -0.2) is 48.9 Å². The minimum atomic E-state index is 0.274. The van der Waals surface area contributed by atoms with E-state index >= 15 is 0 Å². The molecule has 0 aromatic rings. The van der Waals surface area contributed by atoms with Crippen LogP contribution in [-0.2, 0) is 4.79 Å². The first-order valence-corrected chi connectivity index (χ1v) is 6.63. The third-order valence-corrected chi connectivity index (χ3v) is 3.51. The number of carbonyl (C=O) groups is 1. The minimum Gasteiger partial charge on any atom is -0.345 e. The lowest BCUT2D eigenvalue weighted by Crippen LogP contribution is -2.39. The van der Waals surface area contributed by atoms with E-state index in [9.17, 15) is 4.79 Å². The first-order chi connectivity index (χ1) is 7.67. The van der Waals surface area contributed by atoms with Crippen LogP contribution in [0.15, 0.2) is 0 Å². The van der Waals surface area contributed by atoms with Gasteiger partial charge in [-0.15, -0.1) is 0 Å². The molecule has 3 nitrogen and oxygen atoms in total. The van der Waals surface area contributed by atoms with Gasteiger partial charge >= 0.3 is 0 Å². The largest absolute Gasteiger partial charge is 0.345 e. The zero-order valence-corrected chi connectivity index (χ0v) is 11.0. The van der Waals surface area contributed by atoms with Crippen LogP contribution < -0.4 is 0 Å². The van der Waals surface area contributed by atoms with Crippen molar-refractivity contribution >= 4 is 5.91 Å². The maximum atomic E-state index is 11.5. The lowest BCUT2D eigenvalue weighted by atomic mass is 9.96. The van der Waals surface area contributed by atoms with E-state index < -0.39 is 0 Å². The number of piperidine rings is 1. The molecule has 16 heavy (non-hydrogen) atoms. The van der Waals surface area contributed by atoms with E-state index in [2.05, 4.69) is 11.8 Å². The van der Waals surface area contributed by atoms with Gasteiger partial charge in [0.2, 0.25) is 5.91 Å². The second kappa shape index (κ2) is 6.89. The second-order valence-electron chi connectivity index (χ2n) is 4.91. The third kappa shape index (κ3) is 4.12. The molecule has 0 bridgehead atoms. The molecule has 0 aliphatic carbocycles. The van der Waals surface area contributed by atoms with Crippen LogP contribution in [0.1, 0.15) is 39.5 Å². The van der Waals surface area contributed by atoms with Crippen molar-refractivity contribution in [1.82, 2.24) is 9.80 Å². The first kappa shape index (κ1) is 13.5. The van der Waals surface area contributed by atoms with Gasteiger partial charge in [-0.05, 0) is 44.8 Å². The quantitative estimate of drug-likeness (QED) is 0.715. The summed E-state index contributed by atoms with van der Waals surface area (Å²) in [5.41, 5.74) is 0. The fourth-order valence-corrected chi connectivity index (χ4v) is 2.47. The summed E-state index contributed by atoms with van der Waals surface area (Å²) in [5.74, 6) is 0.990. The number of hydrogen-bond acceptors (Lipinski definition) is 2. The summed E-state index contributed by atoms with van der Waals surface area (Å²) in [6.07, 6.45) is 4.38. The zero-order chi connectivity index (χ0) is 12.0. The maximum absolute atomic E-state index is 11.5. The molecule has 1 rings (SSSR count). The van der Waals surface area contributed by atoms with Crippen LogP contribution in [0.5, 0.6) is 0 Å². The van der Waals surface area contributed by atoms with E-state index in [1.54, 1.807) is 0 Å². The summed E-state index contributed by atoms with van der Waals surface area (Å²) in [5, 5.41) is 0. The Balaban J connectivity index is 2.24. The Bertz CT molecular complexity index is 210. The topological polar surface area (TPSA) is 23.6 Å². The summed E-state index contributed by atoms with van der Waals surface area (Å²) in [6, 6.07) is 0. The minimum absolute atomic E-state index is 0.274. The molecule has 3 heteroatoms. The summed E-state index contributed by atoms with van der Waals surface area (Å²) < 4.78 is 0.